The summed E-state index contributed by atoms with van der Waals surface area (Å²) in [4.78, 5) is 95.8. The van der Waals surface area contributed by atoms with Gasteiger partial charge in [-0.25, -0.2) is 4.79 Å². The zero-order chi connectivity index (χ0) is 70.8. The van der Waals surface area contributed by atoms with Crippen molar-refractivity contribution in [2.45, 2.75) is 283 Å². The first-order valence-electron chi connectivity index (χ1n) is 32.6. The average molecular weight is 1320 g/mol. The van der Waals surface area contributed by atoms with Crippen LogP contribution in [0.15, 0.2) is 12.7 Å². The lowest BCUT2D eigenvalue weighted by Crippen LogP contribution is -2.61. The molecule has 25 heteroatoms. The van der Waals surface area contributed by atoms with Gasteiger partial charge in [-0.3, -0.25) is 28.8 Å². The number of aliphatic hydroxyl groups excluding tert-OH is 3. The Morgan fingerprint density at radius 3 is 1.23 bits per heavy atom. The molecule has 4 saturated heterocycles. The van der Waals surface area contributed by atoms with Crippen molar-refractivity contribution in [3.8, 4) is 0 Å². The minimum atomic E-state index is -1.98. The number of methoxy groups -OCH3 is 2. The topological polar surface area (TPSA) is 329 Å². The van der Waals surface area contributed by atoms with Crippen molar-refractivity contribution in [3.05, 3.63) is 12.7 Å². The van der Waals surface area contributed by atoms with Crippen LogP contribution in [0.5, 0.6) is 0 Å². The Hall–Kier alpha value is -4.09. The first kappa shape index (κ1) is 82.1. The number of Topliss-reactive ketones (excluding diaryl/α,β-unsaturated/α-hetero) is 2. The standard InChI is InChI=1S/C35H59NO12.C32H57NO11/c1-14-25-35(10,42)30(40)20(5)27(39)18(3)17-34(9,43-13)31(21(6)28(47-26(38)15-2)22(7)32(41)46-25)48-33-29(45-23(8)37)24(36(11)12)16-19(4)44-33;1-13-23-32(9,39)27(37)18(4)24(35)16(2)15-31(8,40-12)28(19(5)25(36)20(6)29(38)43-23)44-30-26(42-21(7)34)22(33(10)11)14-17(3)41-30/h15,18-22,24-25,28-31,33,40,42H,2,14,16-17H2,1,3-13H3;16-20,22-23,25-28,30,36-37,39H,13-15H2,1-12H3/t18-,19-,20+,21+,22-,24+,25-,28+,29-,30-,31-,33+,34-,35-;16-,17-,18+,19+,20-,22+,23-,25+,26-,27-,28-,30+,31-,32-/m11/s1. The number of carbonyl (C=O) groups excluding carboxylic acids is 7. The monoisotopic (exact) mass is 1320 g/mol. The summed E-state index contributed by atoms with van der Waals surface area (Å²) < 4.78 is 66.9. The number of hydrogen-bond donors (Lipinski definition) is 5. The van der Waals surface area contributed by atoms with Crippen LogP contribution >= 0.6 is 0 Å². The van der Waals surface area contributed by atoms with Crippen LogP contribution < -0.4 is 0 Å². The molecule has 0 aromatic heterocycles. The number of nitrogens with zero attached hydrogens (tertiary/aromatic N) is 2. The first-order valence-corrected chi connectivity index (χ1v) is 32.6. The Bertz CT molecular complexity index is 2460. The predicted octanol–water partition coefficient (Wildman–Crippen LogP) is 4.91. The average Bonchev–Trinajstić information content (AvgIpc) is 0.793. The zero-order valence-electron chi connectivity index (χ0n) is 59.4. The molecule has 0 aromatic rings. The second-order valence-electron chi connectivity index (χ2n) is 28.0. The van der Waals surface area contributed by atoms with E-state index in [0.29, 0.717) is 12.8 Å². The van der Waals surface area contributed by atoms with Gasteiger partial charge in [0, 0.05) is 69.7 Å². The quantitative estimate of drug-likeness (QED) is 0.0876. The molecule has 25 nitrogen and oxygen atoms in total. The fourth-order valence-corrected chi connectivity index (χ4v) is 14.2. The van der Waals surface area contributed by atoms with E-state index in [1.165, 1.54) is 69.6 Å². The molecule has 0 bridgehead atoms. The maximum absolute atomic E-state index is 13.8. The van der Waals surface area contributed by atoms with Crippen molar-refractivity contribution in [1.29, 1.82) is 0 Å². The molecule has 0 spiro atoms. The Morgan fingerprint density at radius 2 is 0.913 bits per heavy atom. The summed E-state index contributed by atoms with van der Waals surface area (Å²) >= 11 is 0. The van der Waals surface area contributed by atoms with Crippen molar-refractivity contribution >= 4 is 41.4 Å². The van der Waals surface area contributed by atoms with Gasteiger partial charge in [-0.1, -0.05) is 62.0 Å². The summed E-state index contributed by atoms with van der Waals surface area (Å²) in [5.74, 6) is -11.3. The number of likely N-dealkylation sites (N-methyl/N-ethyl adjacent to an activating group) is 2. The Morgan fingerprint density at radius 1 is 0.565 bits per heavy atom. The zero-order valence-corrected chi connectivity index (χ0v) is 59.4. The third-order valence-corrected chi connectivity index (χ3v) is 20.0. The molecular formula is C67H116N2O23. The number of hydrogen-bond acceptors (Lipinski definition) is 25. The van der Waals surface area contributed by atoms with Crippen LogP contribution in [0.1, 0.15) is 163 Å². The Balaban J connectivity index is 0.000000482. The fourth-order valence-electron chi connectivity index (χ4n) is 14.2. The molecule has 4 aliphatic rings. The number of cyclic esters (lactones) is 2. The van der Waals surface area contributed by atoms with Gasteiger partial charge in [0.05, 0.1) is 77.8 Å². The van der Waals surface area contributed by atoms with E-state index in [2.05, 4.69) is 6.58 Å². The number of esters is 5. The molecule has 4 rings (SSSR count). The molecule has 532 valence electrons. The highest BCUT2D eigenvalue weighted by Gasteiger charge is 2.56. The highest BCUT2D eigenvalue weighted by atomic mass is 16.7. The van der Waals surface area contributed by atoms with Crippen LogP contribution in [0.25, 0.3) is 0 Å². The van der Waals surface area contributed by atoms with Crippen molar-refractivity contribution in [2.24, 2.45) is 47.3 Å². The number of aliphatic hydroxyl groups is 5. The van der Waals surface area contributed by atoms with Gasteiger partial charge in [0.25, 0.3) is 0 Å². The maximum Gasteiger partial charge on any atom is 0.330 e. The lowest BCUT2D eigenvalue weighted by atomic mass is 9.74. The van der Waals surface area contributed by atoms with Crippen molar-refractivity contribution in [1.82, 2.24) is 9.80 Å². The van der Waals surface area contributed by atoms with E-state index in [9.17, 15) is 59.1 Å². The van der Waals surface area contributed by atoms with Crippen LogP contribution in [-0.4, -0.2) is 239 Å². The second kappa shape index (κ2) is 34.2. The molecule has 0 radical (unpaired) electrons. The van der Waals surface area contributed by atoms with Crippen LogP contribution in [-0.2, 0) is 85.7 Å². The summed E-state index contributed by atoms with van der Waals surface area (Å²) in [6.07, 6.45) is -11.8. The summed E-state index contributed by atoms with van der Waals surface area (Å²) in [5, 5.41) is 56.8. The van der Waals surface area contributed by atoms with E-state index in [1.54, 1.807) is 55.4 Å². The molecule has 28 atom stereocenters. The molecule has 4 heterocycles. The summed E-state index contributed by atoms with van der Waals surface area (Å²) in [6, 6.07) is -0.522. The SMILES string of the molecule is C=CC(=O)O[C@H]1[C@H](C)[C@@H](O[C@@H]2O[C@H](C)C[C@H](N(C)C)[C@H]2OC(C)=O)[C@](C)(OC)C[C@@H](C)C(=O)[C@H](C)[C@@H](O)[C@](C)(O)[C@@H](CC)OC(=O)[C@@H]1C.CC[C@H]1OC(=O)[C@H](C)[C@@H](O)[C@H](C)[C@@H](O[C@@H]2O[C@H](C)C[C@H](N(C)C)[C@H]2OC(C)=O)[C@](C)(OC)C[C@@H](C)C(=O)[C@H](C)[C@@H](O)[C@]1(C)O. The maximum atomic E-state index is 13.8. The van der Waals surface area contributed by atoms with Crippen molar-refractivity contribution in [3.63, 3.8) is 0 Å². The van der Waals surface area contributed by atoms with Crippen LogP contribution in [0.4, 0.5) is 0 Å². The molecule has 0 amide bonds. The van der Waals surface area contributed by atoms with Gasteiger partial charge >= 0.3 is 29.8 Å². The van der Waals surface area contributed by atoms with Crippen molar-refractivity contribution < 1.29 is 111 Å². The third-order valence-electron chi connectivity index (χ3n) is 20.0. The van der Waals surface area contributed by atoms with E-state index < -0.39 is 173 Å². The van der Waals surface area contributed by atoms with E-state index in [1.807, 2.05) is 51.8 Å². The molecule has 0 aromatic carbocycles. The van der Waals surface area contributed by atoms with Gasteiger partial charge in [0.1, 0.15) is 41.1 Å². The fraction of sp³-hybridized carbons (Fsp3) is 0.866. The minimum absolute atomic E-state index is 0.0618. The molecule has 92 heavy (non-hydrogen) atoms. The normalized spacial score (nSPS) is 43.4. The van der Waals surface area contributed by atoms with Gasteiger partial charge in [0.15, 0.2) is 24.8 Å². The van der Waals surface area contributed by atoms with Gasteiger partial charge in [-0.05, 0) is 122 Å². The molecule has 0 saturated carbocycles. The summed E-state index contributed by atoms with van der Waals surface area (Å²) in [7, 11) is 10.4. The lowest BCUT2D eigenvalue weighted by Gasteiger charge is -2.49. The molecule has 4 aliphatic heterocycles. The molecule has 0 unspecified atom stereocenters. The summed E-state index contributed by atoms with van der Waals surface area (Å²) in [6.45, 7) is 32.4. The number of rotatable bonds is 14. The minimum Gasteiger partial charge on any atom is -0.459 e. The van der Waals surface area contributed by atoms with E-state index >= 15 is 0 Å². The highest BCUT2D eigenvalue weighted by Crippen LogP contribution is 2.43. The Kier molecular flexibility index (Phi) is 30.6. The molecule has 4 fully saturated rings. The second-order valence-corrected chi connectivity index (χ2v) is 28.0. The van der Waals surface area contributed by atoms with Crippen LogP contribution in [0.3, 0.4) is 0 Å². The Labute approximate surface area is 546 Å². The largest absolute Gasteiger partial charge is 0.459 e. The van der Waals surface area contributed by atoms with Gasteiger partial charge in [0.2, 0.25) is 0 Å². The first-order chi connectivity index (χ1) is 42.4. The lowest BCUT2D eigenvalue weighted by molar-refractivity contribution is -0.304. The molecule has 0 aliphatic carbocycles. The third kappa shape index (κ3) is 19.6. The van der Waals surface area contributed by atoms with Crippen molar-refractivity contribution in [2.75, 3.05) is 42.4 Å². The van der Waals surface area contributed by atoms with E-state index in [-0.39, 0.29) is 61.5 Å². The van der Waals surface area contributed by atoms with Gasteiger partial charge in [-0.2, -0.15) is 0 Å². The molecular weight excluding hydrogens is 1200 g/mol. The highest BCUT2D eigenvalue weighted by molar-refractivity contribution is 5.84. The predicted molar refractivity (Wildman–Crippen MR) is 337 cm³/mol. The number of carbonyl (C=O) groups is 7. The number of ether oxygens (including phenoxy) is 11. The van der Waals surface area contributed by atoms with Crippen LogP contribution in [0.2, 0.25) is 0 Å². The smallest absolute Gasteiger partial charge is 0.330 e. The molecule has 5 N–H and O–H groups in total. The number of ketones is 2. The van der Waals surface area contributed by atoms with Gasteiger partial charge < -0.3 is 87.4 Å². The summed E-state index contributed by atoms with van der Waals surface area (Å²) in [5.41, 5.74) is -6.46. The van der Waals surface area contributed by atoms with Crippen LogP contribution in [0, 0.1) is 47.3 Å². The van der Waals surface area contributed by atoms with E-state index in [4.69, 9.17) is 52.1 Å². The van der Waals surface area contributed by atoms with Gasteiger partial charge in [-0.15, -0.1) is 0 Å². The van der Waals surface area contributed by atoms with E-state index in [0.717, 1.165) is 6.08 Å².